The number of imidazole rings is 1. The Morgan fingerprint density at radius 2 is 2.00 bits per heavy atom. The van der Waals surface area contributed by atoms with Crippen LogP contribution >= 0.6 is 11.6 Å². The van der Waals surface area contributed by atoms with Gasteiger partial charge in [0.05, 0.1) is 16.3 Å². The lowest BCUT2D eigenvalue weighted by Gasteiger charge is -2.13. The first-order chi connectivity index (χ1) is 11.4. The average molecular weight is 365 g/mol. The third kappa shape index (κ3) is 3.28. The maximum absolute atomic E-state index is 12.0. The monoisotopic (exact) mass is 364 g/mol. The molecule has 6 nitrogen and oxygen atoms in total. The first-order valence-corrected chi connectivity index (χ1v) is 9.34. The van der Waals surface area contributed by atoms with Crippen molar-refractivity contribution in [2.75, 3.05) is 19.8 Å². The topological polar surface area (TPSA) is 68.1 Å². The number of aromatic nitrogens is 3. The van der Waals surface area contributed by atoms with E-state index < -0.39 is 10.0 Å². The Bertz CT molecular complexity index is 983. The molecule has 1 aromatic carbocycles. The van der Waals surface area contributed by atoms with Gasteiger partial charge in [-0.15, -0.1) is 0 Å². The number of pyridine rings is 1. The van der Waals surface area contributed by atoms with Gasteiger partial charge in [0.25, 0.3) is 0 Å². The molecule has 0 N–H and O–H groups in total. The Kier molecular flexibility index (Phi) is 4.58. The Morgan fingerprint density at radius 3 is 2.75 bits per heavy atom. The molecule has 0 aliphatic carbocycles. The molecule has 0 aliphatic rings. The van der Waals surface area contributed by atoms with Gasteiger partial charge < -0.3 is 4.57 Å². The van der Waals surface area contributed by atoms with Crippen LogP contribution in [0.25, 0.3) is 22.4 Å². The lowest BCUT2D eigenvalue weighted by molar-refractivity contribution is 0.515. The normalized spacial score (nSPS) is 12.2. The van der Waals surface area contributed by atoms with Crippen molar-refractivity contribution in [2.45, 2.75) is 6.54 Å². The standard InChI is InChI=1S/C16H17ClN4O2S/c1-20(2)24(22,23)11-10-21-9-8-18-16(21)14-7-6-12-4-3-5-13(17)15(12)19-14/h3-9H,10-11H2,1-2H3. The molecule has 3 rings (SSSR count). The molecule has 0 atom stereocenters. The van der Waals surface area contributed by atoms with E-state index in [0.29, 0.717) is 28.6 Å². The molecule has 0 fully saturated rings. The highest BCUT2D eigenvalue weighted by Crippen LogP contribution is 2.25. The number of benzene rings is 1. The predicted molar refractivity (Wildman–Crippen MR) is 95.4 cm³/mol. The van der Waals surface area contributed by atoms with E-state index in [1.54, 1.807) is 23.0 Å². The zero-order valence-electron chi connectivity index (χ0n) is 13.3. The molecule has 8 heteroatoms. The van der Waals surface area contributed by atoms with Gasteiger partial charge in [0.1, 0.15) is 5.69 Å². The van der Waals surface area contributed by atoms with Gasteiger partial charge in [0.2, 0.25) is 10.0 Å². The first-order valence-electron chi connectivity index (χ1n) is 7.35. The number of hydrogen-bond donors (Lipinski definition) is 0. The molecule has 2 aromatic heterocycles. The molecule has 0 saturated carbocycles. The van der Waals surface area contributed by atoms with Gasteiger partial charge in [0.15, 0.2) is 5.82 Å². The summed E-state index contributed by atoms with van der Waals surface area (Å²) in [5.41, 5.74) is 1.36. The number of nitrogens with zero attached hydrogens (tertiary/aromatic N) is 4. The average Bonchev–Trinajstić information content (AvgIpc) is 3.01. The number of aryl methyl sites for hydroxylation is 1. The summed E-state index contributed by atoms with van der Waals surface area (Å²) in [5, 5.41) is 1.52. The largest absolute Gasteiger partial charge is 0.329 e. The van der Waals surface area contributed by atoms with E-state index in [-0.39, 0.29) is 5.75 Å². The predicted octanol–water partition coefficient (Wildman–Crippen LogP) is 2.64. The Balaban J connectivity index is 1.94. The number of para-hydroxylation sites is 1. The second-order valence-corrected chi connectivity index (χ2v) is 8.26. The minimum atomic E-state index is -3.27. The van der Waals surface area contributed by atoms with E-state index in [1.807, 2.05) is 24.3 Å². The van der Waals surface area contributed by atoms with Gasteiger partial charge in [0, 0.05) is 38.4 Å². The quantitative estimate of drug-likeness (QED) is 0.698. The van der Waals surface area contributed by atoms with Crippen LogP contribution in [0.15, 0.2) is 42.7 Å². The molecule has 0 radical (unpaired) electrons. The van der Waals surface area contributed by atoms with Crippen molar-refractivity contribution < 1.29 is 8.42 Å². The zero-order chi connectivity index (χ0) is 17.3. The van der Waals surface area contributed by atoms with Crippen LogP contribution in [-0.4, -0.2) is 47.1 Å². The van der Waals surface area contributed by atoms with E-state index in [4.69, 9.17) is 11.6 Å². The zero-order valence-corrected chi connectivity index (χ0v) is 14.9. The molecule has 2 heterocycles. The van der Waals surface area contributed by atoms with E-state index in [2.05, 4.69) is 9.97 Å². The van der Waals surface area contributed by atoms with Crippen LogP contribution in [0.2, 0.25) is 5.02 Å². The summed E-state index contributed by atoms with van der Waals surface area (Å²) >= 11 is 6.21. The van der Waals surface area contributed by atoms with Gasteiger partial charge in [-0.2, -0.15) is 0 Å². The fourth-order valence-electron chi connectivity index (χ4n) is 2.35. The van der Waals surface area contributed by atoms with Gasteiger partial charge in [-0.3, -0.25) is 0 Å². The Hall–Kier alpha value is -1.96. The lowest BCUT2D eigenvalue weighted by atomic mass is 10.2. The fourth-order valence-corrected chi connectivity index (χ4v) is 3.37. The van der Waals surface area contributed by atoms with E-state index in [9.17, 15) is 8.42 Å². The minimum Gasteiger partial charge on any atom is -0.329 e. The van der Waals surface area contributed by atoms with Crippen LogP contribution in [0, 0.1) is 0 Å². The van der Waals surface area contributed by atoms with Crippen LogP contribution in [0.1, 0.15) is 0 Å². The molecule has 0 amide bonds. The van der Waals surface area contributed by atoms with Crippen molar-refractivity contribution in [3.05, 3.63) is 47.7 Å². The van der Waals surface area contributed by atoms with E-state index in [1.165, 1.54) is 18.4 Å². The van der Waals surface area contributed by atoms with E-state index in [0.717, 1.165) is 5.39 Å². The van der Waals surface area contributed by atoms with Crippen molar-refractivity contribution in [1.29, 1.82) is 0 Å². The van der Waals surface area contributed by atoms with Crippen molar-refractivity contribution in [3.8, 4) is 11.5 Å². The van der Waals surface area contributed by atoms with Crippen LogP contribution in [0.3, 0.4) is 0 Å². The van der Waals surface area contributed by atoms with Crippen molar-refractivity contribution in [1.82, 2.24) is 18.8 Å². The summed E-state index contributed by atoms with van der Waals surface area (Å²) in [5.74, 6) is 0.614. The van der Waals surface area contributed by atoms with Crippen LogP contribution in [0.4, 0.5) is 0 Å². The molecule has 24 heavy (non-hydrogen) atoms. The number of sulfonamides is 1. The summed E-state index contributed by atoms with van der Waals surface area (Å²) in [4.78, 5) is 8.90. The maximum Gasteiger partial charge on any atom is 0.215 e. The number of halogens is 1. The Morgan fingerprint density at radius 1 is 1.21 bits per heavy atom. The van der Waals surface area contributed by atoms with Gasteiger partial charge >= 0.3 is 0 Å². The number of hydrogen-bond acceptors (Lipinski definition) is 4. The Labute approximate surface area is 145 Å². The molecule has 3 aromatic rings. The molecule has 0 aliphatic heterocycles. The highest BCUT2D eigenvalue weighted by molar-refractivity contribution is 7.89. The van der Waals surface area contributed by atoms with Crippen LogP contribution in [-0.2, 0) is 16.6 Å². The third-order valence-electron chi connectivity index (χ3n) is 3.76. The SMILES string of the molecule is CN(C)S(=O)(=O)CCn1ccnc1-c1ccc2cccc(Cl)c2n1. The highest BCUT2D eigenvalue weighted by Gasteiger charge is 2.16. The molecular formula is C16H17ClN4O2S. The van der Waals surface area contributed by atoms with Gasteiger partial charge in [-0.1, -0.05) is 29.8 Å². The minimum absolute atomic E-state index is 0.00228. The number of fused-ring (bicyclic) bond motifs is 1. The second-order valence-electron chi connectivity index (χ2n) is 5.55. The van der Waals surface area contributed by atoms with Crippen LogP contribution < -0.4 is 0 Å². The summed E-state index contributed by atoms with van der Waals surface area (Å²) in [7, 11) is -0.222. The molecule has 0 unspecified atom stereocenters. The maximum atomic E-state index is 12.0. The third-order valence-corrected chi connectivity index (χ3v) is 5.88. The summed E-state index contributed by atoms with van der Waals surface area (Å²) in [6.45, 7) is 0.304. The first kappa shape index (κ1) is 16.9. The molecule has 126 valence electrons. The molecule has 0 bridgehead atoms. The summed E-state index contributed by atoms with van der Waals surface area (Å²) < 4.78 is 26.9. The van der Waals surface area contributed by atoms with Crippen molar-refractivity contribution >= 4 is 32.5 Å². The summed E-state index contributed by atoms with van der Waals surface area (Å²) in [6, 6.07) is 9.39. The summed E-state index contributed by atoms with van der Waals surface area (Å²) in [6.07, 6.45) is 3.38. The molecular weight excluding hydrogens is 348 g/mol. The fraction of sp³-hybridized carbons (Fsp3) is 0.250. The molecule has 0 saturated heterocycles. The van der Waals surface area contributed by atoms with Crippen molar-refractivity contribution in [3.63, 3.8) is 0 Å². The van der Waals surface area contributed by atoms with E-state index >= 15 is 0 Å². The van der Waals surface area contributed by atoms with Crippen LogP contribution in [0.5, 0.6) is 0 Å². The number of rotatable bonds is 5. The molecule has 0 spiro atoms. The van der Waals surface area contributed by atoms with Gasteiger partial charge in [-0.05, 0) is 12.1 Å². The highest BCUT2D eigenvalue weighted by atomic mass is 35.5. The second kappa shape index (κ2) is 6.51. The van der Waals surface area contributed by atoms with Gasteiger partial charge in [-0.25, -0.2) is 22.7 Å². The van der Waals surface area contributed by atoms with Crippen molar-refractivity contribution in [2.24, 2.45) is 0 Å². The smallest absolute Gasteiger partial charge is 0.215 e. The lowest BCUT2D eigenvalue weighted by Crippen LogP contribution is -2.27.